The van der Waals surface area contributed by atoms with Gasteiger partial charge in [-0.2, -0.15) is 18.3 Å². The third kappa shape index (κ3) is 4.50. The molecule has 0 bridgehead atoms. The number of anilines is 1. The van der Waals surface area contributed by atoms with Gasteiger partial charge in [0, 0.05) is 36.2 Å². The monoisotopic (exact) mass is 559 g/mol. The number of ether oxygens (including phenoxy) is 1. The van der Waals surface area contributed by atoms with Gasteiger partial charge in [-0.1, -0.05) is 40.2 Å². The minimum Gasteiger partial charge on any atom is -0.495 e. The molecule has 0 aliphatic carbocycles. The van der Waals surface area contributed by atoms with Gasteiger partial charge in [0.15, 0.2) is 11.3 Å². The summed E-state index contributed by atoms with van der Waals surface area (Å²) in [6, 6.07) is 15.3. The molecule has 0 saturated carbocycles. The highest BCUT2D eigenvalue weighted by Crippen LogP contribution is 2.33. The van der Waals surface area contributed by atoms with E-state index in [0.717, 1.165) is 28.2 Å². The average Bonchev–Trinajstić information content (AvgIpc) is 3.31. The molecule has 36 heavy (non-hydrogen) atoms. The van der Waals surface area contributed by atoms with Gasteiger partial charge < -0.3 is 14.5 Å². The molecule has 7 nitrogen and oxygen atoms in total. The van der Waals surface area contributed by atoms with Crippen molar-refractivity contribution >= 4 is 33.2 Å². The van der Waals surface area contributed by atoms with Crippen LogP contribution in [0, 0.1) is 0 Å². The maximum absolute atomic E-state index is 13.9. The maximum Gasteiger partial charge on any atom is 0.433 e. The highest BCUT2D eigenvalue weighted by Gasteiger charge is 2.36. The van der Waals surface area contributed by atoms with Gasteiger partial charge in [-0.25, -0.2) is 9.50 Å². The molecule has 0 N–H and O–H groups in total. The average molecular weight is 560 g/mol. The highest BCUT2D eigenvalue weighted by atomic mass is 79.9. The minimum atomic E-state index is -4.68. The van der Waals surface area contributed by atoms with E-state index in [-0.39, 0.29) is 16.9 Å². The molecule has 2 aromatic carbocycles. The molecule has 5 rings (SSSR count). The molecule has 1 aliphatic rings. The zero-order valence-corrected chi connectivity index (χ0v) is 20.8. The van der Waals surface area contributed by atoms with Crippen molar-refractivity contribution in [2.45, 2.75) is 6.18 Å². The molecule has 0 atom stereocenters. The number of rotatable bonds is 4. The van der Waals surface area contributed by atoms with E-state index in [1.807, 2.05) is 24.3 Å². The lowest BCUT2D eigenvalue weighted by molar-refractivity contribution is -0.142. The van der Waals surface area contributed by atoms with E-state index in [9.17, 15) is 18.0 Å². The number of fused-ring (bicyclic) bond motifs is 1. The van der Waals surface area contributed by atoms with Gasteiger partial charge in [0.05, 0.1) is 24.7 Å². The van der Waals surface area contributed by atoms with Crippen LogP contribution in [0.15, 0.2) is 65.3 Å². The van der Waals surface area contributed by atoms with Crippen molar-refractivity contribution in [2.75, 3.05) is 38.2 Å². The molecule has 0 spiro atoms. The van der Waals surface area contributed by atoms with Crippen LogP contribution in [0.4, 0.5) is 18.9 Å². The number of nitrogens with zero attached hydrogens (tertiary/aromatic N) is 5. The first-order valence-electron chi connectivity index (χ1n) is 11.2. The van der Waals surface area contributed by atoms with Gasteiger partial charge >= 0.3 is 6.18 Å². The SMILES string of the molecule is COc1ccccc1N1CCN(C(=O)c2cnn3c(C(F)(F)F)cc(-c4ccc(Br)cc4)nc23)CC1. The minimum absolute atomic E-state index is 0.0326. The van der Waals surface area contributed by atoms with Gasteiger partial charge in [-0.3, -0.25) is 4.79 Å². The topological polar surface area (TPSA) is 63.0 Å². The summed E-state index contributed by atoms with van der Waals surface area (Å²) in [4.78, 5) is 21.5. The van der Waals surface area contributed by atoms with Crippen LogP contribution in [-0.2, 0) is 6.18 Å². The lowest BCUT2D eigenvalue weighted by atomic mass is 10.1. The third-order valence-corrected chi connectivity index (χ3v) is 6.65. The number of aromatic nitrogens is 3. The van der Waals surface area contributed by atoms with Crippen LogP contribution in [0.25, 0.3) is 16.9 Å². The summed E-state index contributed by atoms with van der Waals surface area (Å²) in [5.41, 5.74) is 0.448. The van der Waals surface area contributed by atoms with Crippen LogP contribution < -0.4 is 9.64 Å². The Morgan fingerprint density at radius 3 is 2.39 bits per heavy atom. The first-order valence-corrected chi connectivity index (χ1v) is 11.9. The Balaban J connectivity index is 1.46. The van der Waals surface area contributed by atoms with Gasteiger partial charge in [0.2, 0.25) is 0 Å². The molecule has 1 amide bonds. The predicted octanol–water partition coefficient (Wildman–Crippen LogP) is 5.15. The molecule has 1 aliphatic heterocycles. The third-order valence-electron chi connectivity index (χ3n) is 6.13. The van der Waals surface area contributed by atoms with Crippen LogP contribution in [0.3, 0.4) is 0 Å². The second-order valence-electron chi connectivity index (χ2n) is 8.28. The predicted molar refractivity (Wildman–Crippen MR) is 132 cm³/mol. The summed E-state index contributed by atoms with van der Waals surface area (Å²) in [6.07, 6.45) is -3.52. The molecule has 3 heterocycles. The summed E-state index contributed by atoms with van der Waals surface area (Å²) in [5.74, 6) is 0.336. The Bertz CT molecular complexity index is 1410. The number of piperazine rings is 1. The number of halogens is 4. The van der Waals surface area contributed by atoms with E-state index in [2.05, 4.69) is 30.9 Å². The second kappa shape index (κ2) is 9.45. The van der Waals surface area contributed by atoms with E-state index in [1.54, 1.807) is 36.3 Å². The molecule has 0 radical (unpaired) electrons. The number of alkyl halides is 3. The standard InChI is InChI=1S/C25H21BrF3N5O2/c1-36-21-5-3-2-4-20(21)32-10-12-33(13-11-32)24(35)18-15-30-34-22(25(27,28)29)14-19(31-23(18)34)16-6-8-17(26)9-7-16/h2-9,14-15H,10-13H2,1H3. The van der Waals surface area contributed by atoms with Gasteiger partial charge in [-0.15, -0.1) is 0 Å². The van der Waals surface area contributed by atoms with Gasteiger partial charge in [0.1, 0.15) is 11.3 Å². The number of amides is 1. The lowest BCUT2D eigenvalue weighted by Gasteiger charge is -2.36. The van der Waals surface area contributed by atoms with E-state index in [4.69, 9.17) is 4.74 Å². The zero-order chi connectivity index (χ0) is 25.4. The summed E-state index contributed by atoms with van der Waals surface area (Å²) in [6.45, 7) is 1.90. The first-order chi connectivity index (χ1) is 17.3. The van der Waals surface area contributed by atoms with Crippen molar-refractivity contribution in [3.05, 3.63) is 76.5 Å². The van der Waals surface area contributed by atoms with E-state index >= 15 is 0 Å². The quantitative estimate of drug-likeness (QED) is 0.346. The van der Waals surface area contributed by atoms with Crippen LogP contribution in [-0.4, -0.2) is 58.7 Å². The van der Waals surface area contributed by atoms with E-state index in [0.29, 0.717) is 36.3 Å². The number of carbonyl (C=O) groups is 1. The number of methoxy groups -OCH3 is 1. The van der Waals surface area contributed by atoms with Gasteiger partial charge in [0.25, 0.3) is 5.91 Å². The highest BCUT2D eigenvalue weighted by molar-refractivity contribution is 9.10. The van der Waals surface area contributed by atoms with E-state index in [1.165, 1.54) is 0 Å². The fraction of sp³-hybridized carbons (Fsp3) is 0.240. The Kier molecular flexibility index (Phi) is 6.33. The molecular weight excluding hydrogens is 539 g/mol. The summed E-state index contributed by atoms with van der Waals surface area (Å²) in [5, 5.41) is 3.89. The number of carbonyl (C=O) groups excluding carboxylic acids is 1. The van der Waals surface area contributed by atoms with E-state index < -0.39 is 17.8 Å². The van der Waals surface area contributed by atoms with Crippen molar-refractivity contribution < 1.29 is 22.7 Å². The van der Waals surface area contributed by atoms with Crippen molar-refractivity contribution in [1.29, 1.82) is 0 Å². The number of hydrogen-bond acceptors (Lipinski definition) is 5. The molecule has 1 fully saturated rings. The summed E-state index contributed by atoms with van der Waals surface area (Å²) >= 11 is 3.32. The zero-order valence-electron chi connectivity index (χ0n) is 19.2. The molecule has 0 unspecified atom stereocenters. The Morgan fingerprint density at radius 2 is 1.72 bits per heavy atom. The van der Waals surface area contributed by atoms with Crippen molar-refractivity contribution in [3.63, 3.8) is 0 Å². The van der Waals surface area contributed by atoms with Gasteiger partial charge in [-0.05, 0) is 30.3 Å². The molecule has 4 aromatic rings. The normalized spacial score (nSPS) is 14.4. The first kappa shape index (κ1) is 24.1. The summed E-state index contributed by atoms with van der Waals surface area (Å²) < 4.78 is 48.6. The maximum atomic E-state index is 13.9. The Labute approximate surface area is 213 Å². The van der Waals surface area contributed by atoms with Crippen molar-refractivity contribution in [2.24, 2.45) is 0 Å². The van der Waals surface area contributed by atoms with Crippen LogP contribution >= 0.6 is 15.9 Å². The second-order valence-corrected chi connectivity index (χ2v) is 9.19. The van der Waals surface area contributed by atoms with Crippen LogP contribution in [0.1, 0.15) is 16.1 Å². The number of benzene rings is 2. The largest absolute Gasteiger partial charge is 0.495 e. The van der Waals surface area contributed by atoms with Crippen LogP contribution in [0.5, 0.6) is 5.75 Å². The molecule has 11 heteroatoms. The van der Waals surface area contributed by atoms with Crippen molar-refractivity contribution in [1.82, 2.24) is 19.5 Å². The van der Waals surface area contributed by atoms with Crippen LogP contribution in [0.2, 0.25) is 0 Å². The molecule has 186 valence electrons. The fourth-order valence-corrected chi connectivity index (χ4v) is 4.56. The fourth-order valence-electron chi connectivity index (χ4n) is 4.30. The Morgan fingerprint density at radius 1 is 1.03 bits per heavy atom. The lowest BCUT2D eigenvalue weighted by Crippen LogP contribution is -2.48. The van der Waals surface area contributed by atoms with Crippen molar-refractivity contribution in [3.8, 4) is 17.0 Å². The number of hydrogen-bond donors (Lipinski definition) is 0. The Hall–Kier alpha value is -3.60. The smallest absolute Gasteiger partial charge is 0.433 e. The molecule has 2 aromatic heterocycles. The molecule has 1 saturated heterocycles. The number of para-hydroxylation sites is 2. The summed E-state index contributed by atoms with van der Waals surface area (Å²) in [7, 11) is 1.61. The molecular formula is C25H21BrF3N5O2.